The Bertz CT molecular complexity index is 663. The summed E-state index contributed by atoms with van der Waals surface area (Å²) in [5.41, 5.74) is 0.192. The molecule has 1 aliphatic heterocycles. The molecule has 0 aromatic heterocycles. The summed E-state index contributed by atoms with van der Waals surface area (Å²) in [5.74, 6) is 0.157. The Hall–Kier alpha value is -2.32. The lowest BCUT2D eigenvalue weighted by atomic mass is 10.1. The van der Waals surface area contributed by atoms with E-state index < -0.39 is 23.7 Å². The second kappa shape index (κ2) is 11.8. The molecular formula is C22H33NO7. The van der Waals surface area contributed by atoms with Gasteiger partial charge in [-0.1, -0.05) is 12.1 Å². The number of carbonyl (C=O) groups excluding carboxylic acids is 2. The standard InChI is InChI=1S/C22H33NO7/c1-22(2,3)30-21(25)23-18(20(24)26-4)15-16-8-10-17(11-9-16)27-13-14-29-19-7-5-6-12-28-19/h8-11,18-19H,5-7,12-15H2,1-4H3,(H,23,25). The van der Waals surface area contributed by atoms with Crippen LogP contribution in [0.1, 0.15) is 45.6 Å². The number of benzene rings is 1. The van der Waals surface area contributed by atoms with Gasteiger partial charge in [-0.3, -0.25) is 0 Å². The van der Waals surface area contributed by atoms with Crippen LogP contribution in [-0.4, -0.2) is 56.9 Å². The van der Waals surface area contributed by atoms with Crippen molar-refractivity contribution in [2.24, 2.45) is 0 Å². The molecule has 2 atom stereocenters. The van der Waals surface area contributed by atoms with E-state index in [4.69, 9.17) is 23.7 Å². The Morgan fingerprint density at radius 1 is 1.17 bits per heavy atom. The topological polar surface area (TPSA) is 92.3 Å². The third-order valence-corrected chi connectivity index (χ3v) is 4.33. The molecular weight excluding hydrogens is 390 g/mol. The van der Waals surface area contributed by atoms with Crippen LogP contribution in [0.15, 0.2) is 24.3 Å². The van der Waals surface area contributed by atoms with Crippen molar-refractivity contribution in [2.75, 3.05) is 26.9 Å². The minimum Gasteiger partial charge on any atom is -0.491 e. The number of hydrogen-bond donors (Lipinski definition) is 1. The molecule has 1 fully saturated rings. The lowest BCUT2D eigenvalue weighted by molar-refractivity contribution is -0.165. The Labute approximate surface area is 178 Å². The number of methoxy groups -OCH3 is 1. The van der Waals surface area contributed by atoms with Crippen LogP contribution in [0.5, 0.6) is 5.75 Å². The number of esters is 1. The van der Waals surface area contributed by atoms with E-state index in [1.807, 2.05) is 24.3 Å². The fourth-order valence-corrected chi connectivity index (χ4v) is 2.92. The van der Waals surface area contributed by atoms with Crippen molar-refractivity contribution in [3.05, 3.63) is 29.8 Å². The molecule has 168 valence electrons. The molecule has 1 saturated heterocycles. The van der Waals surface area contributed by atoms with E-state index in [9.17, 15) is 9.59 Å². The summed E-state index contributed by atoms with van der Waals surface area (Å²) in [6.07, 6.45) is 2.62. The zero-order chi connectivity index (χ0) is 22.0. The van der Waals surface area contributed by atoms with Gasteiger partial charge in [0.15, 0.2) is 6.29 Å². The number of amides is 1. The molecule has 1 aromatic carbocycles. The SMILES string of the molecule is COC(=O)C(Cc1ccc(OCCOC2CCCCO2)cc1)NC(=O)OC(C)(C)C. The summed E-state index contributed by atoms with van der Waals surface area (Å²) in [7, 11) is 1.28. The monoisotopic (exact) mass is 423 g/mol. The fourth-order valence-electron chi connectivity index (χ4n) is 2.92. The van der Waals surface area contributed by atoms with E-state index in [0.717, 1.165) is 31.4 Å². The molecule has 1 amide bonds. The third-order valence-electron chi connectivity index (χ3n) is 4.33. The van der Waals surface area contributed by atoms with Gasteiger partial charge in [0, 0.05) is 13.0 Å². The molecule has 0 saturated carbocycles. The van der Waals surface area contributed by atoms with Crippen molar-refractivity contribution in [2.45, 2.75) is 64.4 Å². The Kier molecular flexibility index (Phi) is 9.39. The summed E-state index contributed by atoms with van der Waals surface area (Å²) in [5, 5.41) is 2.57. The van der Waals surface area contributed by atoms with Crippen molar-refractivity contribution < 1.29 is 33.3 Å². The van der Waals surface area contributed by atoms with Gasteiger partial charge in [-0.25, -0.2) is 9.59 Å². The number of hydrogen-bond acceptors (Lipinski definition) is 7. The van der Waals surface area contributed by atoms with Crippen LogP contribution < -0.4 is 10.1 Å². The molecule has 1 aliphatic rings. The normalized spacial score (nSPS) is 17.7. The predicted octanol–water partition coefficient (Wildman–Crippen LogP) is 3.22. The minimum absolute atomic E-state index is 0.127. The second-order valence-electron chi connectivity index (χ2n) is 8.09. The van der Waals surface area contributed by atoms with Gasteiger partial charge in [0.25, 0.3) is 0 Å². The van der Waals surface area contributed by atoms with Crippen LogP contribution in [-0.2, 0) is 30.2 Å². The summed E-state index contributed by atoms with van der Waals surface area (Å²) < 4.78 is 26.9. The van der Waals surface area contributed by atoms with Crippen LogP contribution in [0.4, 0.5) is 4.79 Å². The number of nitrogens with one attached hydrogen (secondary N) is 1. The molecule has 2 rings (SSSR count). The molecule has 0 bridgehead atoms. The molecule has 1 N–H and O–H groups in total. The van der Waals surface area contributed by atoms with Crippen molar-refractivity contribution in [3.63, 3.8) is 0 Å². The molecule has 1 aromatic rings. The summed E-state index contributed by atoms with van der Waals surface area (Å²) in [4.78, 5) is 24.1. The lowest BCUT2D eigenvalue weighted by Gasteiger charge is -2.23. The Balaban J connectivity index is 1.80. The van der Waals surface area contributed by atoms with Crippen LogP contribution >= 0.6 is 0 Å². The largest absolute Gasteiger partial charge is 0.491 e. The third kappa shape index (κ3) is 9.00. The van der Waals surface area contributed by atoms with Gasteiger partial charge in [-0.2, -0.15) is 0 Å². The highest BCUT2D eigenvalue weighted by molar-refractivity contribution is 5.81. The Morgan fingerprint density at radius 3 is 2.50 bits per heavy atom. The fraction of sp³-hybridized carbons (Fsp3) is 0.636. The van der Waals surface area contributed by atoms with E-state index in [2.05, 4.69) is 5.32 Å². The van der Waals surface area contributed by atoms with E-state index in [1.54, 1.807) is 20.8 Å². The van der Waals surface area contributed by atoms with Crippen molar-refractivity contribution >= 4 is 12.1 Å². The second-order valence-corrected chi connectivity index (χ2v) is 8.09. The molecule has 0 aliphatic carbocycles. The number of alkyl carbamates (subject to hydrolysis) is 1. The summed E-state index contributed by atoms with van der Waals surface area (Å²) in [6.45, 7) is 6.90. The first-order chi connectivity index (χ1) is 14.3. The Morgan fingerprint density at radius 2 is 1.90 bits per heavy atom. The zero-order valence-electron chi connectivity index (χ0n) is 18.3. The summed E-state index contributed by atoms with van der Waals surface area (Å²) >= 11 is 0. The van der Waals surface area contributed by atoms with E-state index in [-0.39, 0.29) is 12.7 Å². The number of carbonyl (C=O) groups is 2. The van der Waals surface area contributed by atoms with Crippen LogP contribution in [0.3, 0.4) is 0 Å². The maximum atomic E-state index is 12.0. The maximum Gasteiger partial charge on any atom is 0.408 e. The summed E-state index contributed by atoms with van der Waals surface area (Å²) in [6, 6.07) is 6.46. The van der Waals surface area contributed by atoms with Gasteiger partial charge in [0.05, 0.1) is 13.7 Å². The van der Waals surface area contributed by atoms with Gasteiger partial charge in [0.1, 0.15) is 24.0 Å². The zero-order valence-corrected chi connectivity index (χ0v) is 18.3. The van der Waals surface area contributed by atoms with Gasteiger partial charge in [-0.15, -0.1) is 0 Å². The smallest absolute Gasteiger partial charge is 0.408 e. The molecule has 1 heterocycles. The number of rotatable bonds is 9. The van der Waals surface area contributed by atoms with E-state index in [1.165, 1.54) is 7.11 Å². The quantitative estimate of drug-likeness (QED) is 0.482. The first-order valence-electron chi connectivity index (χ1n) is 10.3. The van der Waals surface area contributed by atoms with Crippen molar-refractivity contribution in [3.8, 4) is 5.75 Å². The maximum absolute atomic E-state index is 12.0. The molecule has 0 spiro atoms. The van der Waals surface area contributed by atoms with E-state index in [0.29, 0.717) is 19.0 Å². The van der Waals surface area contributed by atoms with Gasteiger partial charge >= 0.3 is 12.1 Å². The number of ether oxygens (including phenoxy) is 5. The van der Waals surface area contributed by atoms with Crippen molar-refractivity contribution in [1.82, 2.24) is 5.32 Å². The average Bonchev–Trinajstić information content (AvgIpc) is 2.70. The first-order valence-corrected chi connectivity index (χ1v) is 10.3. The van der Waals surface area contributed by atoms with Gasteiger partial charge < -0.3 is 29.0 Å². The highest BCUT2D eigenvalue weighted by atomic mass is 16.7. The molecule has 30 heavy (non-hydrogen) atoms. The minimum atomic E-state index is -0.847. The van der Waals surface area contributed by atoms with Gasteiger partial charge in [0.2, 0.25) is 0 Å². The highest BCUT2D eigenvalue weighted by Crippen LogP contribution is 2.16. The van der Waals surface area contributed by atoms with Crippen LogP contribution in [0.25, 0.3) is 0 Å². The lowest BCUT2D eigenvalue weighted by Crippen LogP contribution is -2.45. The van der Waals surface area contributed by atoms with Gasteiger partial charge in [-0.05, 0) is 57.7 Å². The predicted molar refractivity (Wildman–Crippen MR) is 110 cm³/mol. The van der Waals surface area contributed by atoms with Crippen LogP contribution in [0.2, 0.25) is 0 Å². The van der Waals surface area contributed by atoms with Crippen LogP contribution in [0, 0.1) is 0 Å². The molecule has 8 nitrogen and oxygen atoms in total. The first kappa shape index (κ1) is 24.0. The molecule has 2 unspecified atom stereocenters. The average molecular weight is 424 g/mol. The highest BCUT2D eigenvalue weighted by Gasteiger charge is 2.25. The molecule has 0 radical (unpaired) electrons. The van der Waals surface area contributed by atoms with Crippen molar-refractivity contribution in [1.29, 1.82) is 0 Å². The van der Waals surface area contributed by atoms with E-state index >= 15 is 0 Å². The molecule has 8 heteroatoms.